The highest BCUT2D eigenvalue weighted by Gasteiger charge is 1.92. The molecule has 0 aliphatic rings. The van der Waals surface area contributed by atoms with Crippen molar-refractivity contribution < 1.29 is 21.5 Å². The molecular formula is C18H37BN2O2. The van der Waals surface area contributed by atoms with E-state index in [1.807, 2.05) is 12.1 Å². The lowest BCUT2D eigenvalue weighted by Crippen LogP contribution is -2.55. The van der Waals surface area contributed by atoms with Crippen LogP contribution in [0.2, 0.25) is 0 Å². The minimum atomic E-state index is -1.85. The van der Waals surface area contributed by atoms with E-state index in [0.717, 1.165) is 44.2 Å². The monoisotopic (exact) mass is 324 g/mol. The van der Waals surface area contributed by atoms with Gasteiger partial charge in [0.15, 0.2) is 0 Å². The van der Waals surface area contributed by atoms with Crippen LogP contribution in [0.25, 0.3) is 0 Å². The summed E-state index contributed by atoms with van der Waals surface area (Å²) in [6.45, 7) is 12.9. The van der Waals surface area contributed by atoms with E-state index in [1.54, 1.807) is 12.1 Å². The van der Waals surface area contributed by atoms with E-state index in [4.69, 9.17) is 0 Å². The Labute approximate surface area is 143 Å². The van der Waals surface area contributed by atoms with E-state index >= 15 is 0 Å². The summed E-state index contributed by atoms with van der Waals surface area (Å²) < 4.78 is 0. The molecule has 0 aromatic heterocycles. The molecule has 0 unspecified atom stereocenters. The molecular weight excluding hydrogens is 287 g/mol. The molecule has 6 N–H and O–H groups in total. The van der Waals surface area contributed by atoms with Gasteiger partial charge in [0.2, 0.25) is 0 Å². The number of benzene rings is 1. The van der Waals surface area contributed by atoms with Gasteiger partial charge in [-0.1, -0.05) is 72.4 Å². The molecule has 0 spiro atoms. The average molecular weight is 324 g/mol. The molecule has 1 aromatic rings. The second-order valence-electron chi connectivity index (χ2n) is 6.54. The maximum atomic E-state index is 10.5. The normalized spacial score (nSPS) is 9.87. The molecule has 0 aliphatic heterocycles. The van der Waals surface area contributed by atoms with Crippen LogP contribution in [0.4, 0.5) is 0 Å². The number of hydrogen-bond acceptors (Lipinski definition) is 2. The molecule has 0 aliphatic carbocycles. The molecule has 0 amide bonds. The lowest BCUT2D eigenvalue weighted by Gasteiger charge is -2.26. The standard InChI is InChI=1S/C10H13BO2.2C4H11N/c1-2-3-4-9-5-7-10(8-6-9)11(12)13;2*1-4(2)3-5/h5-8H,2-4H2,1H3;2*4H,3,5H2,1-2H3/q-2;;/p+2. The third-order valence-corrected chi connectivity index (χ3v) is 3.23. The zero-order valence-corrected chi connectivity index (χ0v) is 15.8. The van der Waals surface area contributed by atoms with Crippen LogP contribution >= 0.6 is 0 Å². The number of unbranched alkanes of at least 4 members (excludes halogenated alkanes) is 1. The first-order valence-electron chi connectivity index (χ1n) is 8.77. The molecule has 1 rings (SSSR count). The molecule has 5 heteroatoms. The Morgan fingerprint density at radius 2 is 1.30 bits per heavy atom. The number of quaternary nitrogens is 2. The lowest BCUT2D eigenvalue weighted by atomic mass is 9.80. The fourth-order valence-corrected chi connectivity index (χ4v) is 1.22. The summed E-state index contributed by atoms with van der Waals surface area (Å²) in [5.74, 6) is 1.55. The van der Waals surface area contributed by atoms with Crippen molar-refractivity contribution in [2.24, 2.45) is 11.8 Å². The van der Waals surface area contributed by atoms with Crippen molar-refractivity contribution >= 4 is 12.6 Å². The van der Waals surface area contributed by atoms with Crippen molar-refractivity contribution in [3.8, 4) is 0 Å². The summed E-state index contributed by atoms with van der Waals surface area (Å²) in [6.07, 6.45) is 3.34. The van der Waals surface area contributed by atoms with Gasteiger partial charge in [-0.25, -0.2) is 0 Å². The summed E-state index contributed by atoms with van der Waals surface area (Å²) >= 11 is 0. The van der Waals surface area contributed by atoms with E-state index in [-0.39, 0.29) is 0 Å². The number of aryl methyl sites for hydroxylation is 1. The van der Waals surface area contributed by atoms with Crippen LogP contribution < -0.4 is 27.0 Å². The molecule has 0 bridgehead atoms. The predicted octanol–water partition coefficient (Wildman–Crippen LogP) is -0.786. The molecule has 0 heterocycles. The zero-order chi connectivity index (χ0) is 18.3. The van der Waals surface area contributed by atoms with Gasteiger partial charge in [-0.15, -0.1) is 5.46 Å². The zero-order valence-electron chi connectivity index (χ0n) is 15.8. The smallest absolute Gasteiger partial charge is 0.0763 e. The van der Waals surface area contributed by atoms with Crippen molar-refractivity contribution in [3.05, 3.63) is 29.8 Å². The molecule has 0 saturated heterocycles. The van der Waals surface area contributed by atoms with Crippen LogP contribution in [0.3, 0.4) is 0 Å². The fourth-order valence-electron chi connectivity index (χ4n) is 1.22. The Hall–Kier alpha value is -0.875. The predicted molar refractivity (Wildman–Crippen MR) is 95.6 cm³/mol. The minimum Gasteiger partial charge on any atom is -0.889 e. The molecule has 134 valence electrons. The van der Waals surface area contributed by atoms with Gasteiger partial charge in [0.1, 0.15) is 0 Å². The quantitative estimate of drug-likeness (QED) is 0.670. The molecule has 1 aromatic carbocycles. The molecule has 0 saturated carbocycles. The lowest BCUT2D eigenvalue weighted by molar-refractivity contribution is -0.377. The fraction of sp³-hybridized carbons (Fsp3) is 0.667. The van der Waals surface area contributed by atoms with Crippen molar-refractivity contribution in [2.75, 3.05) is 13.1 Å². The van der Waals surface area contributed by atoms with Crippen LogP contribution in [0.1, 0.15) is 53.0 Å². The second-order valence-corrected chi connectivity index (χ2v) is 6.54. The highest BCUT2D eigenvalue weighted by Crippen LogP contribution is 2.02. The Morgan fingerprint density at radius 3 is 1.57 bits per heavy atom. The Balaban J connectivity index is 0. The van der Waals surface area contributed by atoms with Gasteiger partial charge >= 0.3 is 0 Å². The van der Waals surface area contributed by atoms with Gasteiger partial charge in [0, 0.05) is 11.8 Å². The topological polar surface area (TPSA) is 101 Å². The minimum absolute atomic E-state index is 0.334. The molecule has 4 nitrogen and oxygen atoms in total. The third-order valence-electron chi connectivity index (χ3n) is 3.23. The van der Waals surface area contributed by atoms with E-state index in [0.29, 0.717) is 5.46 Å². The number of hydrogen-bond donors (Lipinski definition) is 2. The first-order valence-corrected chi connectivity index (χ1v) is 8.77. The molecule has 23 heavy (non-hydrogen) atoms. The first-order chi connectivity index (χ1) is 10.8. The average Bonchev–Trinajstić information content (AvgIpc) is 2.54. The summed E-state index contributed by atoms with van der Waals surface area (Å²) in [7, 11) is -1.85. The van der Waals surface area contributed by atoms with E-state index in [9.17, 15) is 10.0 Å². The summed E-state index contributed by atoms with van der Waals surface area (Å²) in [5, 5.41) is 21.0. The Kier molecular flexibility index (Phi) is 17.0. The SMILES string of the molecule is CC(C)C[NH3+].CC(C)C[NH3+].CCCCc1ccc(B([O-])[O-])cc1. The highest BCUT2D eigenvalue weighted by atomic mass is 16.4. The van der Waals surface area contributed by atoms with Gasteiger partial charge in [0.05, 0.1) is 13.1 Å². The van der Waals surface area contributed by atoms with Crippen molar-refractivity contribution in [1.29, 1.82) is 0 Å². The van der Waals surface area contributed by atoms with Gasteiger partial charge in [-0.2, -0.15) is 0 Å². The van der Waals surface area contributed by atoms with Crippen LogP contribution in [0.15, 0.2) is 24.3 Å². The van der Waals surface area contributed by atoms with E-state index in [1.165, 1.54) is 5.56 Å². The molecule has 0 fully saturated rings. The van der Waals surface area contributed by atoms with Gasteiger partial charge in [-0.05, 0) is 18.4 Å². The van der Waals surface area contributed by atoms with E-state index in [2.05, 4.69) is 46.1 Å². The van der Waals surface area contributed by atoms with Crippen LogP contribution in [0, 0.1) is 11.8 Å². The van der Waals surface area contributed by atoms with Crippen molar-refractivity contribution in [3.63, 3.8) is 0 Å². The Morgan fingerprint density at radius 1 is 0.913 bits per heavy atom. The van der Waals surface area contributed by atoms with Crippen LogP contribution in [0.5, 0.6) is 0 Å². The highest BCUT2D eigenvalue weighted by molar-refractivity contribution is 6.55. The number of rotatable bonds is 6. The largest absolute Gasteiger partial charge is 0.889 e. The Bertz CT molecular complexity index is 347. The van der Waals surface area contributed by atoms with Crippen LogP contribution in [-0.4, -0.2) is 20.2 Å². The van der Waals surface area contributed by atoms with Crippen molar-refractivity contribution in [2.45, 2.75) is 53.9 Å². The van der Waals surface area contributed by atoms with Crippen LogP contribution in [-0.2, 0) is 6.42 Å². The van der Waals surface area contributed by atoms with Gasteiger partial charge in [-0.3, -0.25) is 0 Å². The summed E-state index contributed by atoms with van der Waals surface area (Å²) in [5.41, 5.74) is 8.90. The van der Waals surface area contributed by atoms with Crippen molar-refractivity contribution in [1.82, 2.24) is 0 Å². The maximum absolute atomic E-state index is 10.5. The molecule has 0 radical (unpaired) electrons. The third kappa shape index (κ3) is 17.3. The molecule has 0 atom stereocenters. The first kappa shape index (κ1) is 24.4. The van der Waals surface area contributed by atoms with Gasteiger partial charge in [0.25, 0.3) is 0 Å². The maximum Gasteiger partial charge on any atom is 0.0763 e. The summed E-state index contributed by atoms with van der Waals surface area (Å²) in [4.78, 5) is 0. The second kappa shape index (κ2) is 16.0. The van der Waals surface area contributed by atoms with E-state index < -0.39 is 7.12 Å². The van der Waals surface area contributed by atoms with Gasteiger partial charge < -0.3 is 21.5 Å². The summed E-state index contributed by atoms with van der Waals surface area (Å²) in [6, 6.07) is 7.01.